The monoisotopic (exact) mass is 217 g/mol. The molecule has 1 aromatic rings. The molecule has 0 heterocycles. The summed E-state index contributed by atoms with van der Waals surface area (Å²) in [5.74, 6) is -1.20. The van der Waals surface area contributed by atoms with Crippen molar-refractivity contribution in [2.24, 2.45) is 5.73 Å². The zero-order chi connectivity index (χ0) is 12.1. The summed E-state index contributed by atoms with van der Waals surface area (Å²) in [6.45, 7) is 5.20. The van der Waals surface area contributed by atoms with Crippen LogP contribution >= 0.6 is 0 Å². The standard InChI is InChI=1S/C13H15NO2/c1-3-12(16)13(9(2)15)11-6-4-5-10(7-11)8-14/h3-7,13H,1,8,14H2,2H3. The zero-order valence-electron chi connectivity index (χ0n) is 9.27. The number of rotatable bonds is 5. The Morgan fingerprint density at radius 1 is 1.50 bits per heavy atom. The number of ketones is 2. The van der Waals surface area contributed by atoms with Gasteiger partial charge in [-0.1, -0.05) is 30.8 Å². The van der Waals surface area contributed by atoms with Crippen LogP contribution in [-0.4, -0.2) is 11.6 Å². The van der Waals surface area contributed by atoms with Crippen molar-refractivity contribution in [3.8, 4) is 0 Å². The number of Topliss-reactive ketones (excluding diaryl/α,β-unsaturated/α-hetero) is 1. The molecule has 1 aromatic carbocycles. The summed E-state index contributed by atoms with van der Waals surface area (Å²) in [6, 6.07) is 7.20. The molecular weight excluding hydrogens is 202 g/mol. The lowest BCUT2D eigenvalue weighted by Gasteiger charge is -2.11. The van der Waals surface area contributed by atoms with Crippen LogP contribution in [0.3, 0.4) is 0 Å². The van der Waals surface area contributed by atoms with E-state index in [0.29, 0.717) is 12.1 Å². The van der Waals surface area contributed by atoms with Crippen molar-refractivity contribution >= 4 is 11.6 Å². The van der Waals surface area contributed by atoms with E-state index < -0.39 is 5.92 Å². The lowest BCUT2D eigenvalue weighted by atomic mass is 9.90. The van der Waals surface area contributed by atoms with E-state index in [1.54, 1.807) is 18.2 Å². The van der Waals surface area contributed by atoms with E-state index in [1.165, 1.54) is 13.0 Å². The second-order valence-corrected chi connectivity index (χ2v) is 3.60. The minimum atomic E-state index is -0.746. The molecule has 0 fully saturated rings. The van der Waals surface area contributed by atoms with Gasteiger partial charge >= 0.3 is 0 Å². The van der Waals surface area contributed by atoms with Crippen LogP contribution in [0.1, 0.15) is 24.0 Å². The topological polar surface area (TPSA) is 60.2 Å². The van der Waals surface area contributed by atoms with Crippen molar-refractivity contribution in [2.45, 2.75) is 19.4 Å². The fraction of sp³-hybridized carbons (Fsp3) is 0.231. The summed E-state index contributed by atoms with van der Waals surface area (Å²) in [6.07, 6.45) is 1.18. The van der Waals surface area contributed by atoms with Gasteiger partial charge in [0.2, 0.25) is 0 Å². The van der Waals surface area contributed by atoms with Crippen LogP contribution in [0.4, 0.5) is 0 Å². The Balaban J connectivity index is 3.15. The Morgan fingerprint density at radius 2 is 2.19 bits per heavy atom. The predicted octanol–water partition coefficient (Wildman–Crippen LogP) is 1.57. The molecule has 0 saturated heterocycles. The maximum absolute atomic E-state index is 11.6. The predicted molar refractivity (Wildman–Crippen MR) is 63.0 cm³/mol. The molecule has 0 aliphatic heterocycles. The summed E-state index contributed by atoms with van der Waals surface area (Å²) in [4.78, 5) is 23.0. The molecule has 16 heavy (non-hydrogen) atoms. The normalized spacial score (nSPS) is 11.9. The number of benzene rings is 1. The first-order chi connectivity index (χ1) is 7.60. The summed E-state index contributed by atoms with van der Waals surface area (Å²) >= 11 is 0. The minimum absolute atomic E-state index is 0.181. The highest BCUT2D eigenvalue weighted by Gasteiger charge is 2.22. The highest BCUT2D eigenvalue weighted by Crippen LogP contribution is 2.19. The molecule has 1 rings (SSSR count). The lowest BCUT2D eigenvalue weighted by molar-refractivity contribution is -0.125. The molecule has 2 N–H and O–H groups in total. The zero-order valence-corrected chi connectivity index (χ0v) is 9.27. The quantitative estimate of drug-likeness (QED) is 0.601. The molecule has 84 valence electrons. The molecule has 0 amide bonds. The van der Waals surface area contributed by atoms with Crippen molar-refractivity contribution < 1.29 is 9.59 Å². The van der Waals surface area contributed by atoms with Crippen LogP contribution in [-0.2, 0) is 16.1 Å². The molecule has 1 unspecified atom stereocenters. The Kier molecular flexibility index (Phi) is 4.14. The fourth-order valence-electron chi connectivity index (χ4n) is 1.62. The second kappa shape index (κ2) is 5.37. The van der Waals surface area contributed by atoms with Gasteiger partial charge < -0.3 is 5.73 Å². The first-order valence-corrected chi connectivity index (χ1v) is 5.05. The maximum atomic E-state index is 11.6. The molecule has 0 radical (unpaired) electrons. The minimum Gasteiger partial charge on any atom is -0.326 e. The van der Waals surface area contributed by atoms with Crippen molar-refractivity contribution in [1.82, 2.24) is 0 Å². The van der Waals surface area contributed by atoms with Gasteiger partial charge in [0.15, 0.2) is 5.78 Å². The fourth-order valence-corrected chi connectivity index (χ4v) is 1.62. The largest absolute Gasteiger partial charge is 0.326 e. The number of carbonyl (C=O) groups is 2. The van der Waals surface area contributed by atoms with Crippen LogP contribution in [0.5, 0.6) is 0 Å². The summed E-state index contributed by atoms with van der Waals surface area (Å²) in [5, 5.41) is 0. The molecule has 0 bridgehead atoms. The highest BCUT2D eigenvalue weighted by molar-refractivity contribution is 6.11. The van der Waals surface area contributed by atoms with Gasteiger partial charge in [-0.15, -0.1) is 0 Å². The van der Waals surface area contributed by atoms with Gasteiger partial charge in [0, 0.05) is 6.54 Å². The molecule has 0 aliphatic rings. The van der Waals surface area contributed by atoms with Crippen molar-refractivity contribution in [3.05, 3.63) is 48.0 Å². The van der Waals surface area contributed by atoms with Gasteiger partial charge in [0.1, 0.15) is 11.7 Å². The van der Waals surface area contributed by atoms with Crippen LogP contribution in [0, 0.1) is 0 Å². The van der Waals surface area contributed by atoms with Crippen molar-refractivity contribution in [3.63, 3.8) is 0 Å². The lowest BCUT2D eigenvalue weighted by Crippen LogP contribution is -2.18. The van der Waals surface area contributed by atoms with E-state index in [0.717, 1.165) is 5.56 Å². The van der Waals surface area contributed by atoms with Crippen molar-refractivity contribution in [1.29, 1.82) is 0 Å². The van der Waals surface area contributed by atoms with Gasteiger partial charge in [-0.3, -0.25) is 9.59 Å². The number of allylic oxidation sites excluding steroid dienone is 1. The second-order valence-electron chi connectivity index (χ2n) is 3.60. The molecule has 0 aromatic heterocycles. The van der Waals surface area contributed by atoms with E-state index in [-0.39, 0.29) is 11.6 Å². The van der Waals surface area contributed by atoms with Crippen LogP contribution in [0.15, 0.2) is 36.9 Å². The maximum Gasteiger partial charge on any atom is 0.169 e. The smallest absolute Gasteiger partial charge is 0.169 e. The van der Waals surface area contributed by atoms with Crippen LogP contribution < -0.4 is 5.73 Å². The third-order valence-electron chi connectivity index (χ3n) is 2.41. The third-order valence-corrected chi connectivity index (χ3v) is 2.41. The average Bonchev–Trinajstić information content (AvgIpc) is 2.29. The third kappa shape index (κ3) is 2.64. The SMILES string of the molecule is C=CC(=O)C(C(C)=O)c1cccc(CN)c1. The van der Waals surface area contributed by atoms with Gasteiger partial charge in [-0.25, -0.2) is 0 Å². The van der Waals surface area contributed by atoms with Crippen LogP contribution in [0.2, 0.25) is 0 Å². The number of hydrogen-bond acceptors (Lipinski definition) is 3. The van der Waals surface area contributed by atoms with E-state index >= 15 is 0 Å². The van der Waals surface area contributed by atoms with E-state index in [2.05, 4.69) is 6.58 Å². The summed E-state index contributed by atoms with van der Waals surface area (Å²) < 4.78 is 0. The van der Waals surface area contributed by atoms with Gasteiger partial charge in [-0.2, -0.15) is 0 Å². The van der Waals surface area contributed by atoms with E-state index in [9.17, 15) is 9.59 Å². The Labute approximate surface area is 95.0 Å². The Morgan fingerprint density at radius 3 is 2.69 bits per heavy atom. The molecule has 3 heteroatoms. The van der Waals surface area contributed by atoms with Crippen LogP contribution in [0.25, 0.3) is 0 Å². The molecule has 0 spiro atoms. The van der Waals surface area contributed by atoms with E-state index in [1.807, 2.05) is 6.07 Å². The molecule has 3 nitrogen and oxygen atoms in total. The number of hydrogen-bond donors (Lipinski definition) is 1. The van der Waals surface area contributed by atoms with E-state index in [4.69, 9.17) is 5.73 Å². The van der Waals surface area contributed by atoms with Gasteiger partial charge in [-0.05, 0) is 24.1 Å². The first kappa shape index (κ1) is 12.3. The average molecular weight is 217 g/mol. The molecule has 1 atom stereocenters. The highest BCUT2D eigenvalue weighted by atomic mass is 16.1. The Hall–Kier alpha value is -1.74. The Bertz CT molecular complexity index is 424. The molecule has 0 saturated carbocycles. The number of carbonyl (C=O) groups excluding carboxylic acids is 2. The summed E-state index contributed by atoms with van der Waals surface area (Å²) in [7, 11) is 0. The van der Waals surface area contributed by atoms with Gasteiger partial charge in [0.05, 0.1) is 0 Å². The summed E-state index contributed by atoms with van der Waals surface area (Å²) in [5.41, 5.74) is 7.10. The number of nitrogens with two attached hydrogens (primary N) is 1. The molecule has 0 aliphatic carbocycles. The van der Waals surface area contributed by atoms with Gasteiger partial charge in [0.25, 0.3) is 0 Å². The van der Waals surface area contributed by atoms with Crippen molar-refractivity contribution in [2.75, 3.05) is 0 Å². The molecular formula is C13H15NO2. The first-order valence-electron chi connectivity index (χ1n) is 5.05.